The zero-order chi connectivity index (χ0) is 12.8. The molecule has 17 heavy (non-hydrogen) atoms. The van der Waals surface area contributed by atoms with Gasteiger partial charge >= 0.3 is 6.43 Å². The smallest absolute Gasteiger partial charge is 0.315 e. The van der Waals surface area contributed by atoms with Gasteiger partial charge in [-0.1, -0.05) is 0 Å². The van der Waals surface area contributed by atoms with Crippen LogP contribution in [0, 0.1) is 0 Å². The third kappa shape index (κ3) is 3.82. The summed E-state index contributed by atoms with van der Waals surface area (Å²) < 4.78 is 23.9. The fraction of sp³-hybridized carbons (Fsp3) is 0.273. The van der Waals surface area contributed by atoms with Crippen molar-refractivity contribution in [2.24, 2.45) is 0 Å². The normalized spacial score (nSPS) is 10.1. The highest BCUT2D eigenvalue weighted by Crippen LogP contribution is 2.10. The number of carbonyl (C=O) groups excluding carboxylic acids is 2. The van der Waals surface area contributed by atoms with Crippen molar-refractivity contribution in [1.82, 2.24) is 5.32 Å². The van der Waals surface area contributed by atoms with E-state index in [1.54, 1.807) is 6.92 Å². The maximum atomic E-state index is 11.9. The van der Waals surface area contributed by atoms with Crippen molar-refractivity contribution in [3.63, 3.8) is 0 Å². The third-order valence-electron chi connectivity index (χ3n) is 1.95. The predicted octanol–water partition coefficient (Wildman–Crippen LogP) is 1.64. The Labute approximate surface area is 97.0 Å². The van der Waals surface area contributed by atoms with Crippen LogP contribution in [0.4, 0.5) is 14.5 Å². The van der Waals surface area contributed by atoms with Gasteiger partial charge in [0.2, 0.25) is 0 Å². The maximum Gasteiger partial charge on any atom is 0.315 e. The van der Waals surface area contributed by atoms with Gasteiger partial charge in [0.15, 0.2) is 0 Å². The largest absolute Gasteiger partial charge is 0.352 e. The van der Waals surface area contributed by atoms with E-state index in [-0.39, 0.29) is 11.6 Å². The van der Waals surface area contributed by atoms with E-state index in [2.05, 4.69) is 5.32 Å². The van der Waals surface area contributed by atoms with Crippen LogP contribution < -0.4 is 10.6 Å². The SMILES string of the molecule is CCNC(=O)c1ccc(NC(=O)C(F)F)cc1. The number of anilines is 1. The molecule has 1 aromatic rings. The molecule has 2 N–H and O–H groups in total. The topological polar surface area (TPSA) is 58.2 Å². The average molecular weight is 242 g/mol. The maximum absolute atomic E-state index is 11.9. The first-order valence-electron chi connectivity index (χ1n) is 5.02. The van der Waals surface area contributed by atoms with Crippen molar-refractivity contribution in [3.05, 3.63) is 29.8 Å². The summed E-state index contributed by atoms with van der Waals surface area (Å²) in [5, 5.41) is 4.61. The van der Waals surface area contributed by atoms with E-state index in [1.165, 1.54) is 24.3 Å². The van der Waals surface area contributed by atoms with E-state index in [0.717, 1.165) is 0 Å². The standard InChI is InChI=1S/C11H12F2N2O2/c1-2-14-10(16)7-3-5-8(6-4-7)15-11(17)9(12)13/h3-6,9H,2H2,1H3,(H,14,16)(H,15,17). The molecule has 0 saturated heterocycles. The van der Waals surface area contributed by atoms with Gasteiger partial charge < -0.3 is 10.6 Å². The Morgan fingerprint density at radius 2 is 1.82 bits per heavy atom. The first-order valence-corrected chi connectivity index (χ1v) is 5.02. The Hall–Kier alpha value is -1.98. The highest BCUT2D eigenvalue weighted by atomic mass is 19.3. The summed E-state index contributed by atoms with van der Waals surface area (Å²) in [6.45, 7) is 2.29. The quantitative estimate of drug-likeness (QED) is 0.843. The fourth-order valence-electron chi connectivity index (χ4n) is 1.16. The van der Waals surface area contributed by atoms with Crippen LogP contribution in [0.5, 0.6) is 0 Å². The van der Waals surface area contributed by atoms with E-state index < -0.39 is 12.3 Å². The molecular formula is C11H12F2N2O2. The molecule has 0 saturated carbocycles. The van der Waals surface area contributed by atoms with Crippen molar-refractivity contribution in [2.75, 3.05) is 11.9 Å². The molecule has 0 atom stereocenters. The second-order valence-electron chi connectivity index (χ2n) is 3.23. The summed E-state index contributed by atoms with van der Waals surface area (Å²) in [6, 6.07) is 5.69. The van der Waals surface area contributed by atoms with E-state index in [9.17, 15) is 18.4 Å². The molecular weight excluding hydrogens is 230 g/mol. The van der Waals surface area contributed by atoms with Gasteiger partial charge in [-0.05, 0) is 31.2 Å². The lowest BCUT2D eigenvalue weighted by Gasteiger charge is -2.05. The molecule has 0 aliphatic rings. The zero-order valence-electron chi connectivity index (χ0n) is 9.17. The summed E-state index contributed by atoms with van der Waals surface area (Å²) in [5.74, 6) is -1.62. The van der Waals surface area contributed by atoms with E-state index in [1.807, 2.05) is 5.32 Å². The molecule has 0 fully saturated rings. The van der Waals surface area contributed by atoms with Crippen LogP contribution in [0.1, 0.15) is 17.3 Å². The number of hydrogen-bond donors (Lipinski definition) is 2. The number of amides is 2. The molecule has 2 amide bonds. The molecule has 1 rings (SSSR count). The predicted molar refractivity (Wildman–Crippen MR) is 59.1 cm³/mol. The molecule has 4 nitrogen and oxygen atoms in total. The van der Waals surface area contributed by atoms with Crippen molar-refractivity contribution in [1.29, 1.82) is 0 Å². The molecule has 0 bridgehead atoms. The Bertz CT molecular complexity index is 404. The summed E-state index contributed by atoms with van der Waals surface area (Å²) in [7, 11) is 0. The first-order chi connectivity index (χ1) is 8.04. The van der Waals surface area contributed by atoms with E-state index >= 15 is 0 Å². The second-order valence-corrected chi connectivity index (χ2v) is 3.23. The monoisotopic (exact) mass is 242 g/mol. The number of benzene rings is 1. The van der Waals surface area contributed by atoms with Gasteiger partial charge in [-0.15, -0.1) is 0 Å². The van der Waals surface area contributed by atoms with Crippen LogP contribution in [0.3, 0.4) is 0 Å². The van der Waals surface area contributed by atoms with Crippen molar-refractivity contribution in [2.45, 2.75) is 13.3 Å². The van der Waals surface area contributed by atoms with Gasteiger partial charge in [0.1, 0.15) is 0 Å². The molecule has 6 heteroatoms. The van der Waals surface area contributed by atoms with Gasteiger partial charge in [0, 0.05) is 17.8 Å². The second kappa shape index (κ2) is 5.93. The number of alkyl halides is 2. The number of hydrogen-bond acceptors (Lipinski definition) is 2. The van der Waals surface area contributed by atoms with Gasteiger partial charge in [0.25, 0.3) is 11.8 Å². The Balaban J connectivity index is 2.68. The molecule has 0 radical (unpaired) electrons. The summed E-state index contributed by atoms with van der Waals surface area (Å²) >= 11 is 0. The Morgan fingerprint density at radius 3 is 2.29 bits per heavy atom. The molecule has 0 unspecified atom stereocenters. The van der Waals surface area contributed by atoms with Crippen molar-refractivity contribution >= 4 is 17.5 Å². The highest BCUT2D eigenvalue weighted by Gasteiger charge is 2.14. The summed E-state index contributed by atoms with van der Waals surface area (Å²) in [4.78, 5) is 22.1. The minimum absolute atomic E-state index is 0.225. The summed E-state index contributed by atoms with van der Waals surface area (Å²) in [5.41, 5.74) is 0.630. The number of carbonyl (C=O) groups is 2. The van der Waals surface area contributed by atoms with Gasteiger partial charge in [0.05, 0.1) is 0 Å². The molecule has 92 valence electrons. The molecule has 0 aromatic heterocycles. The molecule has 0 spiro atoms. The van der Waals surface area contributed by atoms with Gasteiger partial charge in [-0.25, -0.2) is 0 Å². The van der Waals surface area contributed by atoms with Gasteiger partial charge in [-0.2, -0.15) is 8.78 Å². The van der Waals surface area contributed by atoms with Crippen LogP contribution >= 0.6 is 0 Å². The van der Waals surface area contributed by atoms with Crippen LogP contribution in [-0.2, 0) is 4.79 Å². The molecule has 0 aliphatic heterocycles. The van der Waals surface area contributed by atoms with Crippen molar-refractivity contribution < 1.29 is 18.4 Å². The zero-order valence-corrected chi connectivity index (χ0v) is 9.17. The highest BCUT2D eigenvalue weighted by molar-refractivity contribution is 5.96. The lowest BCUT2D eigenvalue weighted by Crippen LogP contribution is -2.23. The van der Waals surface area contributed by atoms with E-state index in [0.29, 0.717) is 12.1 Å². The number of halogens is 2. The van der Waals surface area contributed by atoms with Gasteiger partial charge in [-0.3, -0.25) is 9.59 Å². The number of rotatable bonds is 4. The minimum Gasteiger partial charge on any atom is -0.352 e. The minimum atomic E-state index is -3.06. The average Bonchev–Trinajstić information content (AvgIpc) is 2.30. The van der Waals surface area contributed by atoms with Crippen molar-refractivity contribution in [3.8, 4) is 0 Å². The van der Waals surface area contributed by atoms with Crippen LogP contribution in [0.25, 0.3) is 0 Å². The molecule has 1 aromatic carbocycles. The lowest BCUT2D eigenvalue weighted by molar-refractivity contribution is -0.126. The molecule has 0 aliphatic carbocycles. The Morgan fingerprint density at radius 1 is 1.24 bits per heavy atom. The van der Waals surface area contributed by atoms with Crippen LogP contribution in [0.15, 0.2) is 24.3 Å². The van der Waals surface area contributed by atoms with Crippen LogP contribution in [-0.4, -0.2) is 24.8 Å². The first kappa shape index (κ1) is 13.1. The lowest BCUT2D eigenvalue weighted by atomic mass is 10.2. The fourth-order valence-corrected chi connectivity index (χ4v) is 1.16. The van der Waals surface area contributed by atoms with E-state index in [4.69, 9.17) is 0 Å². The Kier molecular flexibility index (Phi) is 4.56. The molecule has 0 heterocycles. The van der Waals surface area contributed by atoms with Crippen LogP contribution in [0.2, 0.25) is 0 Å². The third-order valence-corrected chi connectivity index (χ3v) is 1.95. The number of nitrogens with one attached hydrogen (secondary N) is 2. The summed E-state index contributed by atoms with van der Waals surface area (Å²) in [6.07, 6.45) is -3.06.